The van der Waals surface area contributed by atoms with E-state index in [1.807, 2.05) is 0 Å². The fourth-order valence-electron chi connectivity index (χ4n) is 1.38. The number of carbonyl (C=O) groups excluding carboxylic acids is 2. The van der Waals surface area contributed by atoms with Crippen molar-refractivity contribution in [2.24, 2.45) is 0 Å². The number of ether oxygens (including phenoxy) is 1. The monoisotopic (exact) mass is 281 g/mol. The van der Waals surface area contributed by atoms with Gasteiger partial charge in [-0.15, -0.1) is 0 Å². The fraction of sp³-hybridized carbons (Fsp3) is 0.333. The molecule has 1 aromatic rings. The summed E-state index contributed by atoms with van der Waals surface area (Å²) < 4.78 is 4.41. The lowest BCUT2D eigenvalue weighted by atomic mass is 10.1. The molecule has 1 aromatic heterocycles. The molecule has 2 amide bonds. The zero-order valence-electron chi connectivity index (χ0n) is 10.8. The Hall–Kier alpha value is -2.64. The van der Waals surface area contributed by atoms with Gasteiger partial charge in [-0.25, -0.2) is 9.59 Å². The summed E-state index contributed by atoms with van der Waals surface area (Å²) in [6, 6.07) is 1.37. The van der Waals surface area contributed by atoms with Crippen LogP contribution in [0, 0.1) is 0 Å². The van der Waals surface area contributed by atoms with Gasteiger partial charge in [-0.2, -0.15) is 0 Å². The smallest absolute Gasteiger partial charge is 0.326 e. The lowest BCUT2D eigenvalue weighted by Gasteiger charge is -2.14. The summed E-state index contributed by atoms with van der Waals surface area (Å²) in [4.78, 5) is 37.4. The number of carbonyl (C=O) groups is 3. The summed E-state index contributed by atoms with van der Waals surface area (Å²) in [6.07, 6.45) is 2.81. The molecule has 0 radical (unpaired) electrons. The van der Waals surface area contributed by atoms with Crippen LogP contribution in [-0.4, -0.2) is 41.2 Å². The SMILES string of the molecule is COC(=O)CC[C@@H](NC(=O)Nc1cccnc1)C(=O)O. The minimum atomic E-state index is -1.23. The highest BCUT2D eigenvalue weighted by atomic mass is 16.5. The van der Waals surface area contributed by atoms with Gasteiger partial charge in [0.25, 0.3) is 0 Å². The van der Waals surface area contributed by atoms with E-state index < -0.39 is 24.0 Å². The van der Waals surface area contributed by atoms with Crippen molar-refractivity contribution >= 4 is 23.7 Å². The number of urea groups is 1. The van der Waals surface area contributed by atoms with Crippen LogP contribution < -0.4 is 10.6 Å². The van der Waals surface area contributed by atoms with Crippen molar-refractivity contribution < 1.29 is 24.2 Å². The Labute approximate surface area is 115 Å². The van der Waals surface area contributed by atoms with Crippen LogP contribution in [-0.2, 0) is 14.3 Å². The minimum absolute atomic E-state index is 0.0531. The number of aliphatic carboxylic acids is 1. The van der Waals surface area contributed by atoms with Crippen LogP contribution >= 0.6 is 0 Å². The second kappa shape index (κ2) is 7.72. The molecule has 1 rings (SSSR count). The highest BCUT2D eigenvalue weighted by Crippen LogP contribution is 2.04. The van der Waals surface area contributed by atoms with E-state index >= 15 is 0 Å². The van der Waals surface area contributed by atoms with Crippen molar-refractivity contribution in [2.75, 3.05) is 12.4 Å². The molecule has 1 atom stereocenters. The maximum absolute atomic E-state index is 11.6. The molecule has 0 aliphatic rings. The van der Waals surface area contributed by atoms with Gasteiger partial charge >= 0.3 is 18.0 Å². The standard InChI is InChI=1S/C12H15N3O5/c1-20-10(16)5-4-9(11(17)18)15-12(19)14-8-3-2-6-13-7-8/h2-3,6-7,9H,4-5H2,1H3,(H,17,18)(H2,14,15,19)/t9-/m1/s1. The molecule has 0 aromatic carbocycles. The molecule has 0 fully saturated rings. The molecule has 0 unspecified atom stereocenters. The van der Waals surface area contributed by atoms with Gasteiger partial charge in [0.2, 0.25) is 0 Å². The molecule has 0 saturated heterocycles. The number of hydrogen-bond acceptors (Lipinski definition) is 5. The molecular formula is C12H15N3O5. The first-order valence-corrected chi connectivity index (χ1v) is 5.80. The van der Waals surface area contributed by atoms with Crippen molar-refractivity contribution in [3.63, 3.8) is 0 Å². The number of anilines is 1. The largest absolute Gasteiger partial charge is 0.480 e. The number of nitrogens with zero attached hydrogens (tertiary/aromatic N) is 1. The van der Waals surface area contributed by atoms with Gasteiger partial charge in [0.05, 0.1) is 19.0 Å². The summed E-state index contributed by atoms with van der Waals surface area (Å²) in [5, 5.41) is 13.7. The topological polar surface area (TPSA) is 118 Å². The van der Waals surface area contributed by atoms with Gasteiger partial charge in [-0.1, -0.05) is 0 Å². The van der Waals surface area contributed by atoms with E-state index in [1.165, 1.54) is 13.3 Å². The van der Waals surface area contributed by atoms with Gasteiger partial charge in [-0.05, 0) is 18.6 Å². The van der Waals surface area contributed by atoms with Crippen molar-refractivity contribution in [1.29, 1.82) is 0 Å². The summed E-state index contributed by atoms with van der Waals surface area (Å²) >= 11 is 0. The quantitative estimate of drug-likeness (QED) is 0.657. The molecule has 1 heterocycles. The van der Waals surface area contributed by atoms with E-state index in [0.717, 1.165) is 0 Å². The molecule has 8 heteroatoms. The van der Waals surface area contributed by atoms with E-state index in [1.54, 1.807) is 18.3 Å². The lowest BCUT2D eigenvalue weighted by molar-refractivity contribution is -0.142. The number of aromatic nitrogens is 1. The van der Waals surface area contributed by atoms with Crippen LogP contribution in [0.15, 0.2) is 24.5 Å². The normalized spacial score (nSPS) is 11.2. The molecule has 108 valence electrons. The summed E-state index contributed by atoms with van der Waals surface area (Å²) in [5.41, 5.74) is 0.433. The van der Waals surface area contributed by atoms with Crippen molar-refractivity contribution in [3.05, 3.63) is 24.5 Å². The Kier molecular flexibility index (Phi) is 5.95. The van der Waals surface area contributed by atoms with Crippen LogP contribution in [0.4, 0.5) is 10.5 Å². The Morgan fingerprint density at radius 1 is 1.45 bits per heavy atom. The zero-order chi connectivity index (χ0) is 15.0. The highest BCUT2D eigenvalue weighted by molar-refractivity contribution is 5.92. The molecule has 20 heavy (non-hydrogen) atoms. The van der Waals surface area contributed by atoms with Crippen LogP contribution in [0.1, 0.15) is 12.8 Å². The molecule has 0 saturated carbocycles. The van der Waals surface area contributed by atoms with Crippen LogP contribution in [0.2, 0.25) is 0 Å². The van der Waals surface area contributed by atoms with E-state index in [-0.39, 0.29) is 12.8 Å². The van der Waals surface area contributed by atoms with Gasteiger partial charge in [0.1, 0.15) is 6.04 Å². The van der Waals surface area contributed by atoms with Crippen LogP contribution in [0.25, 0.3) is 0 Å². The molecular weight excluding hydrogens is 266 g/mol. The third kappa shape index (κ3) is 5.34. The van der Waals surface area contributed by atoms with E-state index in [0.29, 0.717) is 5.69 Å². The van der Waals surface area contributed by atoms with Crippen LogP contribution in [0.5, 0.6) is 0 Å². The zero-order valence-corrected chi connectivity index (χ0v) is 10.8. The Bertz CT molecular complexity index is 477. The number of esters is 1. The number of rotatable bonds is 6. The summed E-state index contributed by atoms with van der Waals surface area (Å²) in [6.45, 7) is 0. The number of pyridine rings is 1. The molecule has 0 aliphatic carbocycles. The fourth-order valence-corrected chi connectivity index (χ4v) is 1.38. The average Bonchev–Trinajstić information content (AvgIpc) is 2.43. The first-order chi connectivity index (χ1) is 9.52. The van der Waals surface area contributed by atoms with E-state index in [2.05, 4.69) is 20.4 Å². The van der Waals surface area contributed by atoms with E-state index in [4.69, 9.17) is 5.11 Å². The van der Waals surface area contributed by atoms with Gasteiger partial charge in [-0.3, -0.25) is 9.78 Å². The third-order valence-corrected chi connectivity index (χ3v) is 2.39. The summed E-state index contributed by atoms with van der Waals surface area (Å²) in [5.74, 6) is -1.76. The highest BCUT2D eigenvalue weighted by Gasteiger charge is 2.21. The average molecular weight is 281 g/mol. The first kappa shape index (κ1) is 15.4. The predicted octanol–water partition coefficient (Wildman–Crippen LogP) is 0.609. The number of carboxylic acids is 1. The molecule has 0 bridgehead atoms. The Morgan fingerprint density at radius 2 is 2.20 bits per heavy atom. The number of amides is 2. The predicted molar refractivity (Wildman–Crippen MR) is 69.1 cm³/mol. The Balaban J connectivity index is 2.50. The second-order valence-corrected chi connectivity index (χ2v) is 3.85. The Morgan fingerprint density at radius 3 is 2.75 bits per heavy atom. The number of carboxylic acid groups (broad SMARTS) is 1. The second-order valence-electron chi connectivity index (χ2n) is 3.85. The van der Waals surface area contributed by atoms with Crippen molar-refractivity contribution in [1.82, 2.24) is 10.3 Å². The van der Waals surface area contributed by atoms with Crippen LogP contribution in [0.3, 0.4) is 0 Å². The van der Waals surface area contributed by atoms with Gasteiger partial charge < -0.3 is 20.5 Å². The summed E-state index contributed by atoms with van der Waals surface area (Å²) in [7, 11) is 1.21. The molecule has 0 aliphatic heterocycles. The van der Waals surface area contributed by atoms with Gasteiger partial charge in [0, 0.05) is 12.6 Å². The maximum Gasteiger partial charge on any atom is 0.326 e. The number of hydrogen-bond donors (Lipinski definition) is 3. The third-order valence-electron chi connectivity index (χ3n) is 2.39. The lowest BCUT2D eigenvalue weighted by Crippen LogP contribution is -2.43. The van der Waals surface area contributed by atoms with Gasteiger partial charge in [0.15, 0.2) is 0 Å². The number of nitrogens with one attached hydrogen (secondary N) is 2. The first-order valence-electron chi connectivity index (χ1n) is 5.80. The van der Waals surface area contributed by atoms with Crippen molar-refractivity contribution in [2.45, 2.75) is 18.9 Å². The van der Waals surface area contributed by atoms with Crippen molar-refractivity contribution in [3.8, 4) is 0 Å². The molecule has 3 N–H and O–H groups in total. The maximum atomic E-state index is 11.6. The number of methoxy groups -OCH3 is 1. The molecule has 8 nitrogen and oxygen atoms in total. The van der Waals surface area contributed by atoms with E-state index in [9.17, 15) is 14.4 Å². The molecule has 0 spiro atoms. The minimum Gasteiger partial charge on any atom is -0.480 e.